The number of carbonyl (C=O) groups is 1. The molecule has 1 aromatic heterocycles. The topological polar surface area (TPSA) is 88.4 Å². The second kappa shape index (κ2) is 9.52. The first-order chi connectivity index (χ1) is 16.6. The number of benzene rings is 2. The van der Waals surface area contributed by atoms with Gasteiger partial charge in [0.1, 0.15) is 0 Å². The van der Waals surface area contributed by atoms with Crippen molar-refractivity contribution in [3.05, 3.63) is 71.5 Å². The molecule has 2 aromatic carbocycles. The zero-order chi connectivity index (χ0) is 23.5. The van der Waals surface area contributed by atoms with Crippen LogP contribution in [0.25, 0.3) is 11.1 Å². The van der Waals surface area contributed by atoms with Crippen molar-refractivity contribution in [2.75, 3.05) is 31.6 Å². The fraction of sp³-hybridized carbons (Fsp3) is 0.333. The number of aromatic amines is 1. The van der Waals surface area contributed by atoms with Crippen molar-refractivity contribution in [1.82, 2.24) is 15.1 Å². The molecule has 1 N–H and O–H groups in total. The number of hydrogen-bond acceptors (Lipinski definition) is 5. The van der Waals surface area contributed by atoms with Crippen LogP contribution in [-0.2, 0) is 11.2 Å². The van der Waals surface area contributed by atoms with E-state index in [2.05, 4.69) is 49.3 Å². The van der Waals surface area contributed by atoms with Crippen LogP contribution in [0.1, 0.15) is 29.5 Å². The third-order valence-electron chi connectivity index (χ3n) is 6.88. The monoisotopic (exact) mass is 452 g/mol. The highest BCUT2D eigenvalue weighted by Crippen LogP contribution is 2.35. The number of nitrogens with one attached hydrogen (secondary N) is 1. The molecule has 2 saturated heterocycles. The molecule has 2 bridgehead atoms. The standard InChI is InChI=1S/C27H28N6O/c1-29-13-23-11-22(24-14-30-31-15-24)6-7-26(23)32-16-21-10-25(18-32)33(17-21)27(34)8-5-19-3-2-4-20(9-19)12-28/h2-4,6-7,9,11,13-15,21,25H,5,8,10,16-18H2,1H3,(H,30,31)/t21-,25-/m0/s1. The molecule has 2 aliphatic heterocycles. The first-order valence-corrected chi connectivity index (χ1v) is 11.7. The summed E-state index contributed by atoms with van der Waals surface area (Å²) < 4.78 is 0. The van der Waals surface area contributed by atoms with E-state index in [9.17, 15) is 4.79 Å². The Labute approximate surface area is 199 Å². The third-order valence-corrected chi connectivity index (χ3v) is 6.88. The lowest BCUT2D eigenvalue weighted by Crippen LogP contribution is -2.44. The molecule has 3 heterocycles. The molecule has 2 fully saturated rings. The van der Waals surface area contributed by atoms with Gasteiger partial charge in [-0.25, -0.2) is 0 Å². The molecular weight excluding hydrogens is 424 g/mol. The lowest BCUT2D eigenvalue weighted by molar-refractivity contribution is -0.131. The molecule has 34 heavy (non-hydrogen) atoms. The zero-order valence-corrected chi connectivity index (χ0v) is 19.3. The second-order valence-corrected chi connectivity index (χ2v) is 9.17. The summed E-state index contributed by atoms with van der Waals surface area (Å²) >= 11 is 0. The second-order valence-electron chi connectivity index (χ2n) is 9.17. The minimum absolute atomic E-state index is 0.211. The van der Waals surface area contributed by atoms with Crippen LogP contribution < -0.4 is 4.90 Å². The van der Waals surface area contributed by atoms with Crippen LogP contribution in [0.3, 0.4) is 0 Å². The quantitative estimate of drug-likeness (QED) is 0.578. The van der Waals surface area contributed by atoms with Crippen LogP contribution >= 0.6 is 0 Å². The maximum atomic E-state index is 13.1. The van der Waals surface area contributed by atoms with Crippen LogP contribution in [0.15, 0.2) is 59.9 Å². The molecule has 0 unspecified atom stereocenters. The molecule has 0 saturated carbocycles. The number of nitriles is 1. The maximum absolute atomic E-state index is 13.1. The van der Waals surface area contributed by atoms with Crippen molar-refractivity contribution in [3.8, 4) is 17.2 Å². The van der Waals surface area contributed by atoms with E-state index in [1.807, 2.05) is 36.8 Å². The summed E-state index contributed by atoms with van der Waals surface area (Å²) in [5.41, 5.74) is 6.07. The summed E-state index contributed by atoms with van der Waals surface area (Å²) in [5.74, 6) is 0.687. The minimum Gasteiger partial charge on any atom is -0.369 e. The number of anilines is 1. The summed E-state index contributed by atoms with van der Waals surface area (Å²) in [7, 11) is 1.79. The number of rotatable bonds is 6. The van der Waals surface area contributed by atoms with E-state index in [0.29, 0.717) is 24.3 Å². The van der Waals surface area contributed by atoms with Gasteiger partial charge < -0.3 is 9.80 Å². The molecule has 1 amide bonds. The highest BCUT2D eigenvalue weighted by molar-refractivity contribution is 5.90. The summed E-state index contributed by atoms with van der Waals surface area (Å²) in [6.07, 6.45) is 7.83. The number of aliphatic imine (C=N–C) groups is 1. The molecule has 0 spiro atoms. The number of H-pyrrole nitrogens is 1. The maximum Gasteiger partial charge on any atom is 0.223 e. The lowest BCUT2D eigenvalue weighted by atomic mass is 9.97. The lowest BCUT2D eigenvalue weighted by Gasteiger charge is -2.35. The fourth-order valence-corrected chi connectivity index (χ4v) is 5.33. The highest BCUT2D eigenvalue weighted by atomic mass is 16.2. The predicted molar refractivity (Wildman–Crippen MR) is 133 cm³/mol. The van der Waals surface area contributed by atoms with Crippen molar-refractivity contribution in [2.24, 2.45) is 10.9 Å². The first-order valence-electron chi connectivity index (χ1n) is 11.7. The number of likely N-dealkylation sites (tertiary alicyclic amines) is 1. The van der Waals surface area contributed by atoms with Gasteiger partial charge in [0.05, 0.1) is 17.8 Å². The van der Waals surface area contributed by atoms with E-state index in [0.717, 1.165) is 54.0 Å². The Morgan fingerprint density at radius 1 is 1.24 bits per heavy atom. The van der Waals surface area contributed by atoms with E-state index in [1.54, 1.807) is 13.1 Å². The number of piperidine rings is 1. The Kier molecular flexibility index (Phi) is 6.13. The third kappa shape index (κ3) is 4.44. The number of aryl methyl sites for hydroxylation is 1. The average Bonchev–Trinajstić information content (AvgIpc) is 3.50. The Morgan fingerprint density at radius 3 is 2.94 bits per heavy atom. The minimum atomic E-state index is 0.211. The molecule has 172 valence electrons. The summed E-state index contributed by atoms with van der Waals surface area (Å²) in [5, 5.41) is 16.0. The molecule has 2 atom stereocenters. The van der Waals surface area contributed by atoms with Gasteiger partial charge in [0.15, 0.2) is 0 Å². The summed E-state index contributed by atoms with van der Waals surface area (Å²) in [4.78, 5) is 21.9. The molecule has 5 rings (SSSR count). The van der Waals surface area contributed by atoms with Gasteiger partial charge in [0.2, 0.25) is 5.91 Å². The molecular formula is C27H28N6O. The van der Waals surface area contributed by atoms with E-state index >= 15 is 0 Å². The average molecular weight is 453 g/mol. The Hall–Kier alpha value is -3.92. The molecule has 7 nitrogen and oxygen atoms in total. The number of fused-ring (bicyclic) bond motifs is 2. The molecule has 2 aliphatic rings. The van der Waals surface area contributed by atoms with Crippen LogP contribution in [0.2, 0.25) is 0 Å². The Balaban J connectivity index is 1.29. The van der Waals surface area contributed by atoms with Crippen molar-refractivity contribution in [3.63, 3.8) is 0 Å². The largest absolute Gasteiger partial charge is 0.369 e. The number of hydrogen-bond donors (Lipinski definition) is 1. The van der Waals surface area contributed by atoms with Crippen LogP contribution in [0, 0.1) is 17.2 Å². The van der Waals surface area contributed by atoms with Crippen molar-refractivity contribution in [2.45, 2.75) is 25.3 Å². The summed E-state index contributed by atoms with van der Waals surface area (Å²) in [6.45, 7) is 2.60. The normalized spacial score (nSPS) is 19.5. The van der Waals surface area contributed by atoms with Crippen molar-refractivity contribution < 1.29 is 4.79 Å². The Morgan fingerprint density at radius 2 is 2.15 bits per heavy atom. The first kappa shape index (κ1) is 21.9. The summed E-state index contributed by atoms with van der Waals surface area (Å²) in [6, 6.07) is 16.4. The number of amides is 1. The molecule has 0 aliphatic carbocycles. The van der Waals surface area contributed by atoms with Crippen LogP contribution in [-0.4, -0.2) is 59.9 Å². The van der Waals surface area contributed by atoms with Crippen LogP contribution in [0.5, 0.6) is 0 Å². The van der Waals surface area contributed by atoms with Gasteiger partial charge in [-0.2, -0.15) is 10.4 Å². The zero-order valence-electron chi connectivity index (χ0n) is 19.3. The van der Waals surface area contributed by atoms with Gasteiger partial charge >= 0.3 is 0 Å². The van der Waals surface area contributed by atoms with Crippen molar-refractivity contribution in [1.29, 1.82) is 5.26 Å². The predicted octanol–water partition coefficient (Wildman–Crippen LogP) is 3.67. The van der Waals surface area contributed by atoms with Crippen LogP contribution in [0.4, 0.5) is 5.69 Å². The van der Waals surface area contributed by atoms with Gasteiger partial charge in [-0.15, -0.1) is 0 Å². The Bertz CT molecular complexity index is 1240. The van der Waals surface area contributed by atoms with E-state index in [4.69, 9.17) is 5.26 Å². The van der Waals surface area contributed by atoms with E-state index in [-0.39, 0.29) is 11.9 Å². The van der Waals surface area contributed by atoms with Gasteiger partial charge in [0, 0.05) is 68.4 Å². The van der Waals surface area contributed by atoms with Gasteiger partial charge in [-0.1, -0.05) is 18.2 Å². The SMILES string of the molecule is CN=Cc1cc(-c2cn[nH]c2)ccc1N1C[C@@H]2C[C@@H](C1)N(C(=O)CCc1cccc(C#N)c1)C2. The number of nitrogens with zero attached hydrogens (tertiary/aromatic N) is 5. The van der Waals surface area contributed by atoms with Gasteiger partial charge in [0.25, 0.3) is 0 Å². The molecule has 7 heteroatoms. The highest BCUT2D eigenvalue weighted by Gasteiger charge is 2.40. The van der Waals surface area contributed by atoms with E-state index < -0.39 is 0 Å². The molecule has 3 aromatic rings. The van der Waals surface area contributed by atoms with Gasteiger partial charge in [-0.3, -0.25) is 14.9 Å². The van der Waals surface area contributed by atoms with Gasteiger partial charge in [-0.05, 0) is 54.2 Å². The van der Waals surface area contributed by atoms with E-state index in [1.165, 1.54) is 0 Å². The fourth-order valence-electron chi connectivity index (χ4n) is 5.33. The number of carbonyl (C=O) groups excluding carboxylic acids is 1. The van der Waals surface area contributed by atoms with Crippen molar-refractivity contribution >= 4 is 17.8 Å². The smallest absolute Gasteiger partial charge is 0.223 e. The number of aromatic nitrogens is 2. The molecule has 0 radical (unpaired) electrons.